The molecule has 0 radical (unpaired) electrons. The first-order chi connectivity index (χ1) is 28.6. The number of rotatable bonds is 9. The monoisotopic (exact) mass is 816 g/mol. The van der Waals surface area contributed by atoms with Gasteiger partial charge in [0.25, 0.3) is 5.92 Å². The lowest BCUT2D eigenvalue weighted by atomic mass is 9.96. The Kier molecular flexibility index (Phi) is 8.80. The van der Waals surface area contributed by atoms with Crippen LogP contribution in [0.5, 0.6) is 0 Å². The predicted octanol–water partition coefficient (Wildman–Crippen LogP) is 8.12. The average molecular weight is 817 g/mol. The van der Waals surface area contributed by atoms with E-state index in [2.05, 4.69) is 15.3 Å². The number of aromatic amines is 2. The fourth-order valence-electron chi connectivity index (χ4n) is 10.6. The van der Waals surface area contributed by atoms with Crippen molar-refractivity contribution in [1.82, 2.24) is 35.1 Å². The first kappa shape index (κ1) is 38.6. The minimum absolute atomic E-state index is 0.00783. The summed E-state index contributed by atoms with van der Waals surface area (Å²) in [6.07, 6.45) is 6.05. The van der Waals surface area contributed by atoms with E-state index in [1.54, 1.807) is 35.4 Å². The van der Waals surface area contributed by atoms with Gasteiger partial charge in [-0.15, -0.1) is 0 Å². The highest BCUT2D eigenvalue weighted by atomic mass is 19.3. The second-order valence-corrected chi connectivity index (χ2v) is 18.7. The lowest BCUT2D eigenvalue weighted by Crippen LogP contribution is -2.51. The van der Waals surface area contributed by atoms with Crippen molar-refractivity contribution in [2.45, 2.75) is 102 Å². The topological polar surface area (TPSA) is 173 Å². The normalized spacial score (nSPS) is 24.1. The molecule has 5 aromatic rings. The van der Waals surface area contributed by atoms with E-state index in [1.807, 2.05) is 56.9 Å². The summed E-state index contributed by atoms with van der Waals surface area (Å²) < 4.78 is 33.1. The quantitative estimate of drug-likeness (QED) is 0.0999. The average Bonchev–Trinajstić information content (AvgIpc) is 3.87. The molecule has 3 aromatic carbocycles. The highest BCUT2D eigenvalue weighted by Crippen LogP contribution is 2.59. The molecule has 1 spiro atoms. The molecule has 2 saturated carbocycles. The summed E-state index contributed by atoms with van der Waals surface area (Å²) in [7, 11) is 0. The van der Waals surface area contributed by atoms with Crippen molar-refractivity contribution in [3.63, 3.8) is 0 Å². The maximum Gasteiger partial charge on any atom is 0.405 e. The van der Waals surface area contributed by atoms with Gasteiger partial charge < -0.3 is 35.9 Å². The van der Waals surface area contributed by atoms with Crippen LogP contribution in [0.1, 0.15) is 101 Å². The number of hydrogen-bond donors (Lipinski definition) is 5. The number of fused-ring (bicyclic) bond motifs is 6. The fraction of sp³-hybridized carbons (Fsp3) is 0.457. The second kappa shape index (κ2) is 13.7. The van der Waals surface area contributed by atoms with Crippen molar-refractivity contribution in [2.24, 2.45) is 28.9 Å². The first-order valence-electron chi connectivity index (χ1n) is 21.2. The number of halogens is 2. The molecule has 12 nitrogen and oxygen atoms in total. The molecule has 2 aromatic heterocycles. The van der Waals surface area contributed by atoms with Gasteiger partial charge in [-0.3, -0.25) is 9.59 Å². The first-order valence-corrected chi connectivity index (χ1v) is 21.2. The highest BCUT2D eigenvalue weighted by Gasteiger charge is 2.55. The van der Waals surface area contributed by atoms with Gasteiger partial charge in [-0.25, -0.2) is 14.8 Å². The second-order valence-electron chi connectivity index (χ2n) is 18.7. The van der Waals surface area contributed by atoms with Gasteiger partial charge in [0.1, 0.15) is 17.7 Å². The van der Waals surface area contributed by atoms with Crippen LogP contribution < -0.4 is 11.1 Å². The third-order valence-electron chi connectivity index (χ3n) is 14.1. The zero-order chi connectivity index (χ0) is 42.0. The largest absolute Gasteiger partial charge is 0.465 e. The molecule has 3 aliphatic carbocycles. The Hall–Kier alpha value is -5.63. The van der Waals surface area contributed by atoms with Crippen LogP contribution in [0.25, 0.3) is 44.5 Å². The number of carbonyl (C=O) groups is 3. The van der Waals surface area contributed by atoms with Crippen LogP contribution in [-0.4, -0.2) is 77.4 Å². The molecule has 3 amide bonds. The molecule has 4 heterocycles. The molecule has 4 fully saturated rings. The number of alkyl halides is 2. The molecule has 10 rings (SSSR count). The van der Waals surface area contributed by atoms with Gasteiger partial charge in [0.05, 0.1) is 34.9 Å². The lowest BCUT2D eigenvalue weighted by molar-refractivity contribution is -0.138. The maximum atomic E-state index is 16.6. The van der Waals surface area contributed by atoms with Crippen molar-refractivity contribution in [2.75, 3.05) is 6.54 Å². The van der Waals surface area contributed by atoms with Gasteiger partial charge in [0, 0.05) is 35.5 Å². The van der Waals surface area contributed by atoms with Crippen LogP contribution in [0.15, 0.2) is 60.8 Å². The van der Waals surface area contributed by atoms with Gasteiger partial charge >= 0.3 is 6.09 Å². The molecule has 2 aliphatic heterocycles. The Labute approximate surface area is 346 Å². The van der Waals surface area contributed by atoms with E-state index in [9.17, 15) is 19.5 Å². The number of carbonyl (C=O) groups excluding carboxylic acids is 2. The SMILES string of the molecule is CC(C)C(N)C(=O)N1C2CCC(C2)[C@H]1c1nc2ccc(-c3ccc4c(c3)C(F)(F)c3cc(-c5c[nH]c(C6CC7(CC7)CN6C(=O)C(NC(=O)O)C(C)C)n5)ccc3-4)cc2[nH]1. The molecule has 2 saturated heterocycles. The molecule has 6 atom stereocenters. The third-order valence-corrected chi connectivity index (χ3v) is 14.1. The zero-order valence-corrected chi connectivity index (χ0v) is 34.1. The lowest BCUT2D eigenvalue weighted by Gasteiger charge is -2.36. The Morgan fingerprint density at radius 1 is 0.883 bits per heavy atom. The number of likely N-dealkylation sites (tertiary alicyclic amines) is 2. The van der Waals surface area contributed by atoms with Crippen LogP contribution in [0.3, 0.4) is 0 Å². The number of nitrogens with two attached hydrogens (primary N) is 1. The number of piperidine rings is 1. The fourth-order valence-corrected chi connectivity index (χ4v) is 10.6. The van der Waals surface area contributed by atoms with Gasteiger partial charge in [0.15, 0.2) is 0 Å². The summed E-state index contributed by atoms with van der Waals surface area (Å²) in [6.45, 7) is 8.06. The molecular formula is C46H50F2N8O4. The summed E-state index contributed by atoms with van der Waals surface area (Å²) in [6, 6.07) is 14.1. The summed E-state index contributed by atoms with van der Waals surface area (Å²) in [4.78, 5) is 59.1. The number of H-pyrrole nitrogens is 2. The number of nitrogens with one attached hydrogen (secondary N) is 3. The number of hydrogen-bond acceptors (Lipinski definition) is 6. The van der Waals surface area contributed by atoms with Crippen molar-refractivity contribution in [3.8, 4) is 33.5 Å². The van der Waals surface area contributed by atoms with Crippen molar-refractivity contribution < 1.29 is 28.3 Å². The van der Waals surface area contributed by atoms with E-state index >= 15 is 8.78 Å². The Morgan fingerprint density at radius 2 is 1.57 bits per heavy atom. The molecule has 312 valence electrons. The van der Waals surface area contributed by atoms with Crippen LogP contribution in [-0.2, 0) is 15.5 Å². The van der Waals surface area contributed by atoms with E-state index < -0.39 is 24.1 Å². The third kappa shape index (κ3) is 6.11. The van der Waals surface area contributed by atoms with Gasteiger partial charge in [-0.2, -0.15) is 8.78 Å². The van der Waals surface area contributed by atoms with E-state index in [-0.39, 0.29) is 58.3 Å². The smallest absolute Gasteiger partial charge is 0.405 e. The number of imidazole rings is 2. The van der Waals surface area contributed by atoms with Crippen LogP contribution in [0.4, 0.5) is 13.6 Å². The Balaban J connectivity index is 0.908. The summed E-state index contributed by atoms with van der Waals surface area (Å²) in [5, 5.41) is 11.8. The van der Waals surface area contributed by atoms with Gasteiger partial charge in [-0.1, -0.05) is 58.0 Å². The van der Waals surface area contributed by atoms with E-state index in [0.29, 0.717) is 52.7 Å². The predicted molar refractivity (Wildman–Crippen MR) is 222 cm³/mol. The van der Waals surface area contributed by atoms with Gasteiger partial charge in [-0.05, 0) is 108 Å². The molecule has 14 heteroatoms. The number of aromatic nitrogens is 4. The number of carboxylic acid groups (broad SMARTS) is 1. The molecular weight excluding hydrogens is 767 g/mol. The van der Waals surface area contributed by atoms with Crippen LogP contribution in [0.2, 0.25) is 0 Å². The molecule has 5 aliphatic rings. The van der Waals surface area contributed by atoms with E-state index in [0.717, 1.165) is 54.5 Å². The number of benzene rings is 3. The summed E-state index contributed by atoms with van der Waals surface area (Å²) in [5.74, 6) is -2.22. The molecule has 60 heavy (non-hydrogen) atoms. The minimum atomic E-state index is -3.27. The maximum absolute atomic E-state index is 16.6. The minimum Gasteiger partial charge on any atom is -0.465 e. The molecule has 2 bridgehead atoms. The van der Waals surface area contributed by atoms with Crippen LogP contribution in [0, 0.1) is 23.2 Å². The Bertz CT molecular complexity index is 2580. The van der Waals surface area contributed by atoms with Crippen molar-refractivity contribution >= 4 is 28.9 Å². The van der Waals surface area contributed by atoms with Crippen molar-refractivity contribution in [3.05, 3.63) is 83.6 Å². The van der Waals surface area contributed by atoms with E-state index in [4.69, 9.17) is 15.7 Å². The van der Waals surface area contributed by atoms with Gasteiger partial charge in [0.2, 0.25) is 11.8 Å². The Morgan fingerprint density at radius 3 is 2.25 bits per heavy atom. The summed E-state index contributed by atoms with van der Waals surface area (Å²) >= 11 is 0. The number of amides is 3. The van der Waals surface area contributed by atoms with Crippen LogP contribution >= 0.6 is 0 Å². The standard InChI is InChI=1S/C46H50F2N8O4/c1-22(2)37(49)42(57)56-28-9-5-27(15-28)39(56)41-51-33-12-8-25(18-34(33)52-41)24-6-10-29-30-11-7-26(17-32(30)46(47,48)31(29)16-24)35-20-50-40(53-35)36-19-45(13-14-45)21-55(36)43(58)38(23(3)4)54-44(59)60/h6-8,10-12,16-18,20,22-23,27-28,36-39,54H,5,9,13-15,19,21,49H2,1-4H3,(H,50,53)(H,51,52)(H,59,60)/t27?,28?,36?,37?,38?,39-/m0/s1. The highest BCUT2D eigenvalue weighted by molar-refractivity contribution is 5.88. The molecule has 6 N–H and O–H groups in total. The van der Waals surface area contributed by atoms with Crippen molar-refractivity contribution in [1.29, 1.82) is 0 Å². The number of nitrogens with zero attached hydrogens (tertiary/aromatic N) is 4. The zero-order valence-electron chi connectivity index (χ0n) is 34.1. The summed E-state index contributed by atoms with van der Waals surface area (Å²) in [5.41, 5.74) is 11.1. The van der Waals surface area contributed by atoms with E-state index in [1.165, 1.54) is 6.07 Å². The molecule has 5 unspecified atom stereocenters.